The number of nitrogens with zero attached hydrogens (tertiary/aromatic N) is 1. The number of carbonyl (C=O) groups is 2. The maximum Gasteiger partial charge on any atom is 0.265 e. The average Bonchev–Trinajstić information content (AvgIpc) is 2.76. The molecule has 0 fully saturated rings. The zero-order valence-electron chi connectivity index (χ0n) is 12.4. The molecule has 0 saturated carbocycles. The van der Waals surface area contributed by atoms with E-state index < -0.39 is 5.91 Å². The molecule has 9 heteroatoms. The molecule has 0 unspecified atom stereocenters. The van der Waals surface area contributed by atoms with Gasteiger partial charge in [-0.05, 0) is 13.8 Å². The highest BCUT2D eigenvalue weighted by Crippen LogP contribution is 2.25. The van der Waals surface area contributed by atoms with Crippen LogP contribution in [0.15, 0.2) is 0 Å². The van der Waals surface area contributed by atoms with Crippen LogP contribution in [0.25, 0.3) is 0 Å². The molecule has 0 radical (unpaired) electrons. The third-order valence-electron chi connectivity index (χ3n) is 2.31. The molecular weight excluding hydrogens is 294 g/mol. The van der Waals surface area contributed by atoms with Crippen LogP contribution in [0.4, 0.5) is 10.9 Å². The van der Waals surface area contributed by atoms with E-state index in [9.17, 15) is 9.59 Å². The van der Waals surface area contributed by atoms with E-state index in [4.69, 9.17) is 10.5 Å². The minimum atomic E-state index is -0.413. The number of rotatable bonds is 8. The molecule has 21 heavy (non-hydrogen) atoms. The van der Waals surface area contributed by atoms with E-state index in [-0.39, 0.29) is 24.3 Å². The second-order valence-corrected chi connectivity index (χ2v) is 5.56. The van der Waals surface area contributed by atoms with Crippen LogP contribution < -0.4 is 21.7 Å². The Kier molecular flexibility index (Phi) is 6.89. The topological polar surface area (TPSA) is 118 Å². The molecule has 0 saturated heterocycles. The van der Waals surface area contributed by atoms with Gasteiger partial charge in [-0.2, -0.15) is 0 Å². The summed E-state index contributed by atoms with van der Waals surface area (Å²) in [6, 6.07) is 0.193. The van der Waals surface area contributed by atoms with Gasteiger partial charge in [-0.25, -0.2) is 4.98 Å². The number of nitrogen functional groups attached to an aromatic ring is 1. The molecule has 0 aliphatic carbocycles. The van der Waals surface area contributed by atoms with Crippen molar-refractivity contribution in [2.45, 2.75) is 19.9 Å². The second kappa shape index (κ2) is 8.42. The molecule has 5 N–H and O–H groups in total. The fraction of sp³-hybridized carbons (Fsp3) is 0.583. The molecule has 1 aromatic heterocycles. The summed E-state index contributed by atoms with van der Waals surface area (Å²) in [5, 5.41) is 8.76. The molecule has 0 aromatic carbocycles. The average molecular weight is 315 g/mol. The largest absolute Gasteiger partial charge is 0.383 e. The number of methoxy groups -OCH3 is 1. The third-order valence-corrected chi connectivity index (χ3v) is 3.31. The number of hydrogen-bond acceptors (Lipinski definition) is 7. The minimum Gasteiger partial charge on any atom is -0.383 e. The molecule has 0 atom stereocenters. The number of amides is 2. The maximum atomic E-state index is 11.9. The molecular formula is C12H21N5O3S. The van der Waals surface area contributed by atoms with Crippen molar-refractivity contribution in [3.63, 3.8) is 0 Å². The van der Waals surface area contributed by atoms with Crippen molar-refractivity contribution in [1.82, 2.24) is 15.6 Å². The summed E-state index contributed by atoms with van der Waals surface area (Å²) in [4.78, 5) is 27.8. The predicted octanol–water partition coefficient (Wildman–Crippen LogP) is 0.0380. The summed E-state index contributed by atoms with van der Waals surface area (Å²) < 4.78 is 4.81. The summed E-state index contributed by atoms with van der Waals surface area (Å²) in [7, 11) is 1.54. The fourth-order valence-corrected chi connectivity index (χ4v) is 2.35. The van der Waals surface area contributed by atoms with E-state index in [1.807, 2.05) is 13.8 Å². The Morgan fingerprint density at radius 2 is 2.10 bits per heavy atom. The molecule has 0 aliphatic heterocycles. The lowest BCUT2D eigenvalue weighted by atomic mass is 10.4. The monoisotopic (exact) mass is 315 g/mol. The van der Waals surface area contributed by atoms with Gasteiger partial charge in [0, 0.05) is 19.7 Å². The molecule has 0 spiro atoms. The van der Waals surface area contributed by atoms with Crippen LogP contribution in [0.2, 0.25) is 0 Å². The first-order valence-corrected chi connectivity index (χ1v) is 7.32. The van der Waals surface area contributed by atoms with Crippen molar-refractivity contribution in [2.75, 3.05) is 37.9 Å². The first kappa shape index (κ1) is 17.2. The molecule has 1 heterocycles. The number of thiazole rings is 1. The standard InChI is InChI=1S/C12H21N5O3S/c1-7(2)16-12-17-10(13)9(21-12)11(19)15-6-8(18)14-4-5-20-3/h7H,4-6,13H2,1-3H3,(H,14,18)(H,15,19)(H,16,17). The number of ether oxygens (including phenoxy) is 1. The number of nitrogens with one attached hydrogen (secondary N) is 3. The van der Waals surface area contributed by atoms with Crippen LogP contribution in [-0.4, -0.2) is 49.6 Å². The first-order chi connectivity index (χ1) is 9.93. The Labute approximate surface area is 127 Å². The summed E-state index contributed by atoms with van der Waals surface area (Å²) in [5.41, 5.74) is 5.70. The fourth-order valence-electron chi connectivity index (χ4n) is 1.40. The van der Waals surface area contributed by atoms with Gasteiger partial charge in [-0.1, -0.05) is 11.3 Å². The van der Waals surface area contributed by atoms with Crippen LogP contribution in [0.3, 0.4) is 0 Å². The molecule has 1 rings (SSSR count). The van der Waals surface area contributed by atoms with Crippen molar-refractivity contribution >= 4 is 34.1 Å². The Morgan fingerprint density at radius 1 is 1.38 bits per heavy atom. The van der Waals surface area contributed by atoms with Crippen molar-refractivity contribution in [3.05, 3.63) is 4.88 Å². The van der Waals surface area contributed by atoms with Crippen molar-refractivity contribution in [1.29, 1.82) is 0 Å². The predicted molar refractivity (Wildman–Crippen MR) is 82.5 cm³/mol. The Morgan fingerprint density at radius 3 is 2.71 bits per heavy atom. The highest BCUT2D eigenvalue weighted by atomic mass is 32.1. The number of hydrogen-bond donors (Lipinski definition) is 4. The highest BCUT2D eigenvalue weighted by Gasteiger charge is 2.17. The molecule has 0 aliphatic rings. The van der Waals surface area contributed by atoms with Crippen LogP contribution in [-0.2, 0) is 9.53 Å². The Balaban J connectivity index is 2.48. The summed E-state index contributed by atoms with van der Waals surface area (Å²) >= 11 is 1.16. The van der Waals surface area contributed by atoms with Gasteiger partial charge in [0.1, 0.15) is 10.7 Å². The van der Waals surface area contributed by atoms with E-state index in [0.717, 1.165) is 11.3 Å². The van der Waals surface area contributed by atoms with Crippen molar-refractivity contribution < 1.29 is 14.3 Å². The summed E-state index contributed by atoms with van der Waals surface area (Å²) in [6.45, 7) is 4.62. The van der Waals surface area contributed by atoms with Gasteiger partial charge in [-0.15, -0.1) is 0 Å². The van der Waals surface area contributed by atoms with Gasteiger partial charge in [0.25, 0.3) is 5.91 Å². The Bertz CT molecular complexity index is 489. The molecule has 1 aromatic rings. The molecule has 118 valence electrons. The van der Waals surface area contributed by atoms with E-state index in [1.165, 1.54) is 0 Å². The lowest BCUT2D eigenvalue weighted by Crippen LogP contribution is -2.38. The zero-order valence-corrected chi connectivity index (χ0v) is 13.2. The van der Waals surface area contributed by atoms with Gasteiger partial charge in [-0.3, -0.25) is 9.59 Å². The van der Waals surface area contributed by atoms with Gasteiger partial charge in [0.05, 0.1) is 13.2 Å². The Hall–Kier alpha value is -1.87. The summed E-state index contributed by atoms with van der Waals surface area (Å²) in [6.07, 6.45) is 0. The van der Waals surface area contributed by atoms with E-state index in [2.05, 4.69) is 20.9 Å². The third kappa shape index (κ3) is 5.96. The molecule has 2 amide bonds. The van der Waals surface area contributed by atoms with Crippen LogP contribution in [0.5, 0.6) is 0 Å². The van der Waals surface area contributed by atoms with Crippen LogP contribution in [0, 0.1) is 0 Å². The zero-order chi connectivity index (χ0) is 15.8. The van der Waals surface area contributed by atoms with E-state index in [1.54, 1.807) is 7.11 Å². The maximum absolute atomic E-state index is 11.9. The summed E-state index contributed by atoms with van der Waals surface area (Å²) in [5.74, 6) is -0.548. The van der Waals surface area contributed by atoms with Gasteiger partial charge >= 0.3 is 0 Å². The smallest absolute Gasteiger partial charge is 0.265 e. The molecule has 0 bridgehead atoms. The number of nitrogens with two attached hydrogens (primary N) is 1. The number of aromatic nitrogens is 1. The van der Waals surface area contributed by atoms with Gasteiger partial charge in [0.2, 0.25) is 5.91 Å². The highest BCUT2D eigenvalue weighted by molar-refractivity contribution is 7.18. The second-order valence-electron chi connectivity index (χ2n) is 4.56. The SMILES string of the molecule is COCCNC(=O)CNC(=O)c1sc(NC(C)C)nc1N. The van der Waals surface area contributed by atoms with Crippen molar-refractivity contribution in [3.8, 4) is 0 Å². The van der Waals surface area contributed by atoms with E-state index >= 15 is 0 Å². The number of anilines is 2. The quantitative estimate of drug-likeness (QED) is 0.503. The van der Waals surface area contributed by atoms with E-state index in [0.29, 0.717) is 23.2 Å². The van der Waals surface area contributed by atoms with Gasteiger partial charge < -0.3 is 26.4 Å². The van der Waals surface area contributed by atoms with Crippen molar-refractivity contribution in [2.24, 2.45) is 0 Å². The lowest BCUT2D eigenvalue weighted by molar-refractivity contribution is -0.120. The van der Waals surface area contributed by atoms with Crippen LogP contribution in [0.1, 0.15) is 23.5 Å². The van der Waals surface area contributed by atoms with Gasteiger partial charge in [0.15, 0.2) is 5.13 Å². The molecule has 8 nitrogen and oxygen atoms in total. The normalized spacial score (nSPS) is 10.5. The minimum absolute atomic E-state index is 0.118. The lowest BCUT2D eigenvalue weighted by Gasteiger charge is -2.05. The van der Waals surface area contributed by atoms with Crippen LogP contribution >= 0.6 is 11.3 Å². The first-order valence-electron chi connectivity index (χ1n) is 6.50. The number of carbonyl (C=O) groups excluding carboxylic acids is 2.